The summed E-state index contributed by atoms with van der Waals surface area (Å²) in [5, 5.41) is 15.7. The van der Waals surface area contributed by atoms with Gasteiger partial charge in [-0.1, -0.05) is 20.8 Å². The molecule has 1 atom stereocenters. The molecule has 3 N–H and O–H groups in total. The van der Waals surface area contributed by atoms with Crippen molar-refractivity contribution in [3.63, 3.8) is 0 Å². The SMILES string of the molecule is CCOC(=O)C1(NC(=O)OC(C)(C)C)CC(N[C@@H](CO)CC(C)(C)C)C1. The number of hydrogen-bond donors (Lipinski definition) is 3. The van der Waals surface area contributed by atoms with Gasteiger partial charge in [0.05, 0.1) is 13.2 Å². The molecule has 0 aliphatic heterocycles. The molecular formula is C19H36N2O5. The number of aliphatic hydroxyl groups excluding tert-OH is 1. The van der Waals surface area contributed by atoms with Crippen LogP contribution in [0.25, 0.3) is 0 Å². The van der Waals surface area contributed by atoms with E-state index in [1.165, 1.54) is 0 Å². The average molecular weight is 373 g/mol. The van der Waals surface area contributed by atoms with Gasteiger partial charge in [0.2, 0.25) is 0 Å². The lowest BCUT2D eigenvalue weighted by Crippen LogP contribution is -2.69. The van der Waals surface area contributed by atoms with Crippen molar-refractivity contribution in [1.82, 2.24) is 10.6 Å². The Morgan fingerprint density at radius 3 is 2.19 bits per heavy atom. The van der Waals surface area contributed by atoms with Crippen molar-refractivity contribution in [2.24, 2.45) is 5.41 Å². The maximum absolute atomic E-state index is 12.4. The largest absolute Gasteiger partial charge is 0.464 e. The molecule has 0 unspecified atom stereocenters. The Hall–Kier alpha value is -1.34. The van der Waals surface area contributed by atoms with Crippen molar-refractivity contribution in [2.75, 3.05) is 13.2 Å². The molecule has 1 aliphatic rings. The molecule has 1 aliphatic carbocycles. The lowest BCUT2D eigenvalue weighted by molar-refractivity contribution is -0.156. The molecule has 0 radical (unpaired) electrons. The maximum Gasteiger partial charge on any atom is 0.408 e. The summed E-state index contributed by atoms with van der Waals surface area (Å²) in [7, 11) is 0. The van der Waals surface area contributed by atoms with Gasteiger partial charge < -0.3 is 25.2 Å². The molecule has 1 rings (SSSR count). The Morgan fingerprint density at radius 1 is 1.19 bits per heavy atom. The molecule has 0 spiro atoms. The summed E-state index contributed by atoms with van der Waals surface area (Å²) in [6.45, 7) is 13.7. The number of ether oxygens (including phenoxy) is 2. The summed E-state index contributed by atoms with van der Waals surface area (Å²) in [5.74, 6) is -0.444. The van der Waals surface area contributed by atoms with Crippen LogP contribution in [0.2, 0.25) is 0 Å². The third-order valence-corrected chi connectivity index (χ3v) is 4.15. The fraction of sp³-hybridized carbons (Fsp3) is 0.895. The Balaban J connectivity index is 2.72. The summed E-state index contributed by atoms with van der Waals surface area (Å²) >= 11 is 0. The first-order valence-corrected chi connectivity index (χ1v) is 9.35. The van der Waals surface area contributed by atoms with E-state index in [1.54, 1.807) is 27.7 Å². The lowest BCUT2D eigenvalue weighted by Gasteiger charge is -2.47. The third kappa shape index (κ3) is 7.11. The number of carbonyl (C=O) groups is 2. The van der Waals surface area contributed by atoms with Gasteiger partial charge in [0.15, 0.2) is 0 Å². The minimum Gasteiger partial charge on any atom is -0.464 e. The normalized spacial score (nSPS) is 24.4. The van der Waals surface area contributed by atoms with E-state index in [0.29, 0.717) is 12.8 Å². The Kier molecular flexibility index (Phi) is 7.48. The monoisotopic (exact) mass is 372 g/mol. The van der Waals surface area contributed by atoms with E-state index >= 15 is 0 Å². The quantitative estimate of drug-likeness (QED) is 0.594. The zero-order chi connectivity index (χ0) is 20.2. The predicted molar refractivity (Wildman–Crippen MR) is 99.8 cm³/mol. The van der Waals surface area contributed by atoms with Gasteiger partial charge in [0, 0.05) is 12.1 Å². The zero-order valence-electron chi connectivity index (χ0n) is 17.3. The van der Waals surface area contributed by atoms with Crippen molar-refractivity contribution in [3.8, 4) is 0 Å². The van der Waals surface area contributed by atoms with Crippen LogP contribution in [0.15, 0.2) is 0 Å². The predicted octanol–water partition coefficient (Wildman–Crippen LogP) is 2.36. The minimum absolute atomic E-state index is 0.0221. The number of aliphatic hydroxyl groups is 1. The molecule has 1 amide bonds. The zero-order valence-corrected chi connectivity index (χ0v) is 17.3. The number of esters is 1. The van der Waals surface area contributed by atoms with Crippen LogP contribution in [0, 0.1) is 5.41 Å². The first-order chi connectivity index (χ1) is 11.8. The van der Waals surface area contributed by atoms with Crippen molar-refractivity contribution >= 4 is 12.1 Å². The molecule has 7 heteroatoms. The minimum atomic E-state index is -1.07. The highest BCUT2D eigenvalue weighted by molar-refractivity contribution is 5.87. The Bertz CT molecular complexity index is 487. The molecule has 0 aromatic rings. The fourth-order valence-corrected chi connectivity index (χ4v) is 3.24. The van der Waals surface area contributed by atoms with Crippen molar-refractivity contribution in [1.29, 1.82) is 0 Å². The standard InChI is InChI=1S/C19H36N2O5/c1-8-25-15(23)19(21-16(24)26-18(5,6)7)10-13(11-19)20-14(12-22)9-17(2,3)4/h13-14,20,22H,8-12H2,1-7H3,(H,21,24)/t13?,14-,19?/m1/s1. The summed E-state index contributed by atoms with van der Waals surface area (Å²) in [5.41, 5.74) is -1.63. The van der Waals surface area contributed by atoms with Gasteiger partial charge in [0.1, 0.15) is 11.1 Å². The highest BCUT2D eigenvalue weighted by atomic mass is 16.6. The molecule has 0 aromatic carbocycles. The van der Waals surface area contributed by atoms with E-state index in [0.717, 1.165) is 6.42 Å². The number of amides is 1. The third-order valence-electron chi connectivity index (χ3n) is 4.15. The number of carbonyl (C=O) groups excluding carboxylic acids is 2. The average Bonchev–Trinajstić information content (AvgIpc) is 2.40. The second-order valence-electron chi connectivity index (χ2n) is 9.35. The van der Waals surface area contributed by atoms with E-state index in [-0.39, 0.29) is 30.7 Å². The van der Waals surface area contributed by atoms with E-state index in [2.05, 4.69) is 31.4 Å². The van der Waals surface area contributed by atoms with Crippen LogP contribution in [0.1, 0.15) is 67.7 Å². The summed E-state index contributed by atoms with van der Waals surface area (Å²) in [6.07, 6.45) is 1.00. The highest BCUT2D eigenvalue weighted by Crippen LogP contribution is 2.35. The van der Waals surface area contributed by atoms with Crippen molar-refractivity contribution in [2.45, 2.75) is 91.0 Å². The molecule has 0 aromatic heterocycles. The van der Waals surface area contributed by atoms with Gasteiger partial charge >= 0.3 is 12.1 Å². The number of nitrogens with one attached hydrogen (secondary N) is 2. The molecule has 0 saturated heterocycles. The van der Waals surface area contributed by atoms with Crippen molar-refractivity contribution in [3.05, 3.63) is 0 Å². The van der Waals surface area contributed by atoms with Crippen LogP contribution >= 0.6 is 0 Å². The van der Waals surface area contributed by atoms with Gasteiger partial charge in [-0.15, -0.1) is 0 Å². The lowest BCUT2D eigenvalue weighted by atomic mass is 9.72. The van der Waals surface area contributed by atoms with E-state index < -0.39 is 23.2 Å². The maximum atomic E-state index is 12.4. The molecule has 0 bridgehead atoms. The highest BCUT2D eigenvalue weighted by Gasteiger charge is 2.53. The molecule has 26 heavy (non-hydrogen) atoms. The van der Waals surface area contributed by atoms with Crippen LogP contribution < -0.4 is 10.6 Å². The second kappa shape index (κ2) is 8.57. The summed E-state index contributed by atoms with van der Waals surface area (Å²) in [6, 6.07) is -0.0319. The van der Waals surface area contributed by atoms with Gasteiger partial charge in [-0.05, 0) is 52.4 Å². The van der Waals surface area contributed by atoms with Crippen LogP contribution in [-0.4, -0.2) is 53.6 Å². The first-order valence-electron chi connectivity index (χ1n) is 9.35. The molecule has 1 saturated carbocycles. The molecule has 152 valence electrons. The number of hydrogen-bond acceptors (Lipinski definition) is 6. The van der Waals surface area contributed by atoms with E-state index in [1.807, 2.05) is 0 Å². The molecule has 0 heterocycles. The van der Waals surface area contributed by atoms with Gasteiger partial charge in [-0.2, -0.15) is 0 Å². The van der Waals surface area contributed by atoms with Crippen LogP contribution in [0.5, 0.6) is 0 Å². The van der Waals surface area contributed by atoms with Gasteiger partial charge in [-0.25, -0.2) is 9.59 Å². The second-order valence-corrected chi connectivity index (χ2v) is 9.35. The summed E-state index contributed by atoms with van der Waals surface area (Å²) < 4.78 is 10.4. The Morgan fingerprint density at radius 2 is 1.77 bits per heavy atom. The number of alkyl carbamates (subject to hydrolysis) is 1. The summed E-state index contributed by atoms with van der Waals surface area (Å²) in [4.78, 5) is 24.6. The molecule has 7 nitrogen and oxygen atoms in total. The topological polar surface area (TPSA) is 96.9 Å². The Labute approximate surface area is 157 Å². The molecular weight excluding hydrogens is 336 g/mol. The van der Waals surface area contributed by atoms with Gasteiger partial charge in [-0.3, -0.25) is 0 Å². The smallest absolute Gasteiger partial charge is 0.408 e. The van der Waals surface area contributed by atoms with Gasteiger partial charge in [0.25, 0.3) is 0 Å². The number of rotatable bonds is 7. The van der Waals surface area contributed by atoms with Crippen LogP contribution in [-0.2, 0) is 14.3 Å². The fourth-order valence-electron chi connectivity index (χ4n) is 3.24. The van der Waals surface area contributed by atoms with Crippen LogP contribution in [0.3, 0.4) is 0 Å². The van der Waals surface area contributed by atoms with E-state index in [4.69, 9.17) is 9.47 Å². The van der Waals surface area contributed by atoms with Crippen molar-refractivity contribution < 1.29 is 24.2 Å². The van der Waals surface area contributed by atoms with Crippen LogP contribution in [0.4, 0.5) is 4.79 Å². The van der Waals surface area contributed by atoms with E-state index in [9.17, 15) is 14.7 Å². The molecule has 1 fully saturated rings. The first kappa shape index (κ1) is 22.7.